The first kappa shape index (κ1) is 60.9. The van der Waals surface area contributed by atoms with Gasteiger partial charge in [-0.3, -0.25) is 14.4 Å². The minimum absolute atomic E-state index is 0.0668. The van der Waals surface area contributed by atoms with Gasteiger partial charge in [0.25, 0.3) is 0 Å². The zero-order chi connectivity index (χ0) is 45.8. The summed E-state index contributed by atoms with van der Waals surface area (Å²) in [4.78, 5) is 38.0. The van der Waals surface area contributed by atoms with Crippen LogP contribution in [0.5, 0.6) is 0 Å². The number of carbonyl (C=O) groups excluding carboxylic acids is 3. The van der Waals surface area contributed by atoms with Crippen LogP contribution in [-0.2, 0) is 28.6 Å². The molecule has 0 aromatic rings. The number of hydrogen-bond donors (Lipinski definition) is 0. The molecular formula is C57H106O6. The molecule has 0 rings (SSSR count). The van der Waals surface area contributed by atoms with Crippen LogP contribution in [0.1, 0.15) is 303 Å². The zero-order valence-electron chi connectivity index (χ0n) is 42.4. The fourth-order valence-corrected chi connectivity index (χ4v) is 8.26. The number of hydrogen-bond acceptors (Lipinski definition) is 6. The molecule has 0 saturated heterocycles. The first-order valence-corrected chi connectivity index (χ1v) is 27.9. The van der Waals surface area contributed by atoms with Gasteiger partial charge in [0.15, 0.2) is 6.10 Å². The summed E-state index contributed by atoms with van der Waals surface area (Å²) in [6.45, 7) is 6.64. The van der Waals surface area contributed by atoms with Crippen LogP contribution in [0.15, 0.2) is 24.3 Å². The van der Waals surface area contributed by atoms with Crippen LogP contribution in [0.3, 0.4) is 0 Å². The van der Waals surface area contributed by atoms with Crippen molar-refractivity contribution in [3.8, 4) is 0 Å². The van der Waals surface area contributed by atoms with E-state index < -0.39 is 6.10 Å². The van der Waals surface area contributed by atoms with Gasteiger partial charge in [0.2, 0.25) is 0 Å². The summed E-state index contributed by atoms with van der Waals surface area (Å²) >= 11 is 0. The molecule has 0 fully saturated rings. The number of ether oxygens (including phenoxy) is 3. The lowest BCUT2D eigenvalue weighted by Crippen LogP contribution is -2.30. The molecule has 0 spiro atoms. The van der Waals surface area contributed by atoms with Gasteiger partial charge in [-0.2, -0.15) is 0 Å². The summed E-state index contributed by atoms with van der Waals surface area (Å²) in [5.41, 5.74) is 0. The Bertz CT molecular complexity index is 1020. The van der Waals surface area contributed by atoms with Crippen molar-refractivity contribution < 1.29 is 28.6 Å². The standard InChI is InChI=1S/C57H106O6/c1-4-7-10-13-16-19-22-24-26-27-28-29-31-32-35-38-41-44-47-50-56(59)62-53-54(52-61-55(58)49-46-43-40-37-34-21-18-15-12-9-6-3)63-57(60)51-48-45-42-39-36-33-30-25-23-20-17-14-11-8-5-2/h16,19,22,24,54H,4-15,17-18,20-21,23,25-53H2,1-3H3/b19-16-,24-22-. The Balaban J connectivity index is 4.29. The Labute approximate surface area is 392 Å². The Morgan fingerprint density at radius 2 is 0.556 bits per heavy atom. The fraction of sp³-hybridized carbons (Fsp3) is 0.877. The second-order valence-electron chi connectivity index (χ2n) is 18.9. The van der Waals surface area contributed by atoms with Crippen molar-refractivity contribution in [2.24, 2.45) is 0 Å². The van der Waals surface area contributed by atoms with Crippen LogP contribution in [0.25, 0.3) is 0 Å². The van der Waals surface area contributed by atoms with Gasteiger partial charge >= 0.3 is 17.9 Å². The highest BCUT2D eigenvalue weighted by atomic mass is 16.6. The number of allylic oxidation sites excluding steroid dienone is 4. The average Bonchev–Trinajstić information content (AvgIpc) is 3.28. The minimum atomic E-state index is -0.766. The molecule has 6 heteroatoms. The lowest BCUT2D eigenvalue weighted by molar-refractivity contribution is -0.167. The number of carbonyl (C=O) groups is 3. The van der Waals surface area contributed by atoms with E-state index in [0.29, 0.717) is 19.3 Å². The van der Waals surface area contributed by atoms with E-state index in [1.807, 2.05) is 0 Å². The molecule has 0 saturated carbocycles. The highest BCUT2D eigenvalue weighted by Gasteiger charge is 2.19. The van der Waals surface area contributed by atoms with Crippen LogP contribution < -0.4 is 0 Å². The molecule has 0 aromatic heterocycles. The first-order valence-electron chi connectivity index (χ1n) is 27.9. The molecule has 6 nitrogen and oxygen atoms in total. The summed E-state index contributed by atoms with van der Waals surface area (Å²) in [6, 6.07) is 0. The maximum Gasteiger partial charge on any atom is 0.306 e. The summed E-state index contributed by atoms with van der Waals surface area (Å²) in [6.07, 6.45) is 60.2. The fourth-order valence-electron chi connectivity index (χ4n) is 8.26. The van der Waals surface area contributed by atoms with E-state index in [9.17, 15) is 14.4 Å². The predicted molar refractivity (Wildman–Crippen MR) is 270 cm³/mol. The van der Waals surface area contributed by atoms with Gasteiger partial charge in [0.1, 0.15) is 13.2 Å². The molecule has 0 aromatic carbocycles. The van der Waals surface area contributed by atoms with E-state index in [1.54, 1.807) is 0 Å². The highest BCUT2D eigenvalue weighted by Crippen LogP contribution is 2.17. The topological polar surface area (TPSA) is 78.9 Å². The molecule has 1 atom stereocenters. The molecule has 1 unspecified atom stereocenters. The van der Waals surface area contributed by atoms with E-state index in [0.717, 1.165) is 57.8 Å². The Morgan fingerprint density at radius 1 is 0.317 bits per heavy atom. The number of unbranched alkanes of at least 4 members (excludes halogenated alkanes) is 37. The summed E-state index contributed by atoms with van der Waals surface area (Å²) in [5.74, 6) is -0.852. The lowest BCUT2D eigenvalue weighted by atomic mass is 10.0. The smallest absolute Gasteiger partial charge is 0.306 e. The second kappa shape index (κ2) is 52.5. The normalized spacial score (nSPS) is 12.1. The lowest BCUT2D eigenvalue weighted by Gasteiger charge is -2.18. The van der Waals surface area contributed by atoms with E-state index in [2.05, 4.69) is 45.1 Å². The quantitative estimate of drug-likeness (QED) is 0.0262. The monoisotopic (exact) mass is 887 g/mol. The molecule has 370 valence electrons. The van der Waals surface area contributed by atoms with E-state index in [4.69, 9.17) is 14.2 Å². The summed E-state index contributed by atoms with van der Waals surface area (Å²) in [5, 5.41) is 0. The third kappa shape index (κ3) is 50.7. The van der Waals surface area contributed by atoms with Gasteiger partial charge in [0, 0.05) is 19.3 Å². The highest BCUT2D eigenvalue weighted by molar-refractivity contribution is 5.71. The van der Waals surface area contributed by atoms with Crippen LogP contribution in [-0.4, -0.2) is 37.2 Å². The molecule has 0 aliphatic carbocycles. The maximum absolute atomic E-state index is 12.8. The minimum Gasteiger partial charge on any atom is -0.462 e. The molecule has 63 heavy (non-hydrogen) atoms. The van der Waals surface area contributed by atoms with Crippen molar-refractivity contribution in [2.75, 3.05) is 13.2 Å². The van der Waals surface area contributed by atoms with Gasteiger partial charge in [-0.25, -0.2) is 0 Å². The summed E-state index contributed by atoms with van der Waals surface area (Å²) in [7, 11) is 0. The average molecular weight is 887 g/mol. The molecule has 0 aliphatic heterocycles. The molecule has 0 bridgehead atoms. The van der Waals surface area contributed by atoms with Crippen LogP contribution in [0.2, 0.25) is 0 Å². The van der Waals surface area contributed by atoms with Gasteiger partial charge in [0.05, 0.1) is 0 Å². The third-order valence-electron chi connectivity index (χ3n) is 12.5. The van der Waals surface area contributed by atoms with E-state index in [1.165, 1.54) is 205 Å². The Morgan fingerprint density at radius 3 is 0.873 bits per heavy atom. The van der Waals surface area contributed by atoms with Crippen LogP contribution in [0.4, 0.5) is 0 Å². The molecule has 0 radical (unpaired) electrons. The third-order valence-corrected chi connectivity index (χ3v) is 12.5. The second-order valence-corrected chi connectivity index (χ2v) is 18.9. The largest absolute Gasteiger partial charge is 0.462 e. The Kier molecular flexibility index (Phi) is 50.8. The van der Waals surface area contributed by atoms with Crippen molar-refractivity contribution in [3.63, 3.8) is 0 Å². The number of rotatable bonds is 51. The van der Waals surface area contributed by atoms with E-state index in [-0.39, 0.29) is 31.1 Å². The van der Waals surface area contributed by atoms with Gasteiger partial charge in [-0.1, -0.05) is 263 Å². The molecular weight excluding hydrogens is 781 g/mol. The van der Waals surface area contributed by atoms with Crippen LogP contribution >= 0.6 is 0 Å². The van der Waals surface area contributed by atoms with Crippen molar-refractivity contribution in [3.05, 3.63) is 24.3 Å². The first-order chi connectivity index (χ1) is 31.0. The van der Waals surface area contributed by atoms with Crippen molar-refractivity contribution >= 4 is 17.9 Å². The van der Waals surface area contributed by atoms with Gasteiger partial charge in [-0.05, 0) is 44.9 Å². The van der Waals surface area contributed by atoms with Crippen molar-refractivity contribution in [1.29, 1.82) is 0 Å². The molecule has 0 N–H and O–H groups in total. The number of esters is 3. The zero-order valence-corrected chi connectivity index (χ0v) is 42.4. The van der Waals surface area contributed by atoms with Crippen molar-refractivity contribution in [2.45, 2.75) is 309 Å². The Hall–Kier alpha value is -2.11. The van der Waals surface area contributed by atoms with Crippen LogP contribution in [0, 0.1) is 0 Å². The molecule has 0 amide bonds. The van der Waals surface area contributed by atoms with Gasteiger partial charge < -0.3 is 14.2 Å². The molecule has 0 heterocycles. The van der Waals surface area contributed by atoms with Gasteiger partial charge in [-0.15, -0.1) is 0 Å². The maximum atomic E-state index is 12.8. The molecule has 0 aliphatic rings. The summed E-state index contributed by atoms with van der Waals surface area (Å²) < 4.78 is 16.8. The predicted octanol–water partition coefficient (Wildman–Crippen LogP) is 18.3. The van der Waals surface area contributed by atoms with Crippen molar-refractivity contribution in [1.82, 2.24) is 0 Å². The van der Waals surface area contributed by atoms with E-state index >= 15 is 0 Å². The SMILES string of the molecule is CCCCC/C=C\C=C/CCCCCCCCCCCCC(=O)OCC(COC(=O)CCCCCCCCCCCCC)OC(=O)CCCCCCCCCCCCCCCCC.